The molecule has 0 aliphatic rings. The SMILES string of the molecule is CC(C)(O)c1ccccc1CCC(Cl)c1cccc(C=Cc2ccc3ccc(Cl)cc3n2)c1. The van der Waals surface area contributed by atoms with E-state index in [0.29, 0.717) is 5.02 Å². The third-order valence-corrected chi connectivity index (χ3v) is 6.44. The highest BCUT2D eigenvalue weighted by Crippen LogP contribution is 2.30. The summed E-state index contributed by atoms with van der Waals surface area (Å²) < 4.78 is 0. The van der Waals surface area contributed by atoms with Gasteiger partial charge in [-0.15, -0.1) is 11.6 Å². The Labute approximate surface area is 205 Å². The van der Waals surface area contributed by atoms with Crippen LogP contribution >= 0.6 is 23.2 Å². The van der Waals surface area contributed by atoms with Gasteiger partial charge in [0, 0.05) is 10.4 Å². The van der Waals surface area contributed by atoms with Crippen molar-refractivity contribution in [1.82, 2.24) is 4.98 Å². The molecule has 4 aromatic rings. The van der Waals surface area contributed by atoms with Crippen molar-refractivity contribution in [2.45, 2.75) is 37.7 Å². The van der Waals surface area contributed by atoms with Gasteiger partial charge >= 0.3 is 0 Å². The number of halogens is 2. The van der Waals surface area contributed by atoms with Crippen LogP contribution in [0, 0.1) is 0 Å². The number of aryl methyl sites for hydroxylation is 1. The van der Waals surface area contributed by atoms with Gasteiger partial charge in [-0.25, -0.2) is 4.98 Å². The Hall–Kier alpha value is -2.65. The predicted molar refractivity (Wildman–Crippen MR) is 141 cm³/mol. The average Bonchev–Trinajstić information content (AvgIpc) is 2.80. The topological polar surface area (TPSA) is 33.1 Å². The zero-order chi connectivity index (χ0) is 23.4. The zero-order valence-corrected chi connectivity index (χ0v) is 20.3. The van der Waals surface area contributed by atoms with Gasteiger partial charge in [-0.1, -0.05) is 78.3 Å². The molecule has 33 heavy (non-hydrogen) atoms. The molecule has 1 N–H and O–H groups in total. The van der Waals surface area contributed by atoms with Crippen molar-refractivity contribution in [1.29, 1.82) is 0 Å². The fourth-order valence-corrected chi connectivity index (χ4v) is 4.43. The number of aliphatic hydroxyl groups is 1. The maximum atomic E-state index is 10.5. The van der Waals surface area contributed by atoms with Crippen LogP contribution in [0.5, 0.6) is 0 Å². The molecule has 1 aromatic heterocycles. The van der Waals surface area contributed by atoms with Crippen LogP contribution in [0.2, 0.25) is 5.02 Å². The Kier molecular flexibility index (Phi) is 7.19. The number of benzene rings is 3. The van der Waals surface area contributed by atoms with Crippen LogP contribution < -0.4 is 0 Å². The minimum Gasteiger partial charge on any atom is -0.386 e. The van der Waals surface area contributed by atoms with Crippen LogP contribution in [0.15, 0.2) is 78.9 Å². The van der Waals surface area contributed by atoms with Crippen LogP contribution in [0.1, 0.15) is 53.6 Å². The second-order valence-electron chi connectivity index (χ2n) is 8.80. The molecule has 2 nitrogen and oxygen atoms in total. The quantitative estimate of drug-likeness (QED) is 0.273. The molecule has 1 heterocycles. The number of fused-ring (bicyclic) bond motifs is 1. The van der Waals surface area contributed by atoms with Crippen molar-refractivity contribution in [2.75, 3.05) is 0 Å². The fraction of sp³-hybridized carbons (Fsp3) is 0.207. The molecule has 0 radical (unpaired) electrons. The van der Waals surface area contributed by atoms with E-state index in [-0.39, 0.29) is 5.38 Å². The smallest absolute Gasteiger partial charge is 0.0843 e. The highest BCUT2D eigenvalue weighted by molar-refractivity contribution is 6.31. The lowest BCUT2D eigenvalue weighted by molar-refractivity contribution is 0.0776. The molecule has 1 atom stereocenters. The summed E-state index contributed by atoms with van der Waals surface area (Å²) in [5, 5.41) is 12.1. The Morgan fingerprint density at radius 3 is 2.55 bits per heavy atom. The molecule has 4 heteroatoms. The maximum Gasteiger partial charge on any atom is 0.0843 e. The summed E-state index contributed by atoms with van der Waals surface area (Å²) in [7, 11) is 0. The molecule has 1 unspecified atom stereocenters. The maximum absolute atomic E-state index is 10.5. The van der Waals surface area contributed by atoms with Crippen LogP contribution in [0.3, 0.4) is 0 Å². The average molecular weight is 476 g/mol. The van der Waals surface area contributed by atoms with Crippen molar-refractivity contribution >= 4 is 46.3 Å². The van der Waals surface area contributed by atoms with E-state index >= 15 is 0 Å². The predicted octanol–water partition coefficient (Wildman–Crippen LogP) is 8.20. The molecule has 0 bridgehead atoms. The highest BCUT2D eigenvalue weighted by atomic mass is 35.5. The highest BCUT2D eigenvalue weighted by Gasteiger charge is 2.20. The van der Waals surface area contributed by atoms with E-state index in [1.165, 1.54) is 0 Å². The summed E-state index contributed by atoms with van der Waals surface area (Å²) in [4.78, 5) is 4.68. The summed E-state index contributed by atoms with van der Waals surface area (Å²) in [6.07, 6.45) is 5.64. The number of hydrogen-bond acceptors (Lipinski definition) is 2. The van der Waals surface area contributed by atoms with Gasteiger partial charge in [0.05, 0.1) is 22.2 Å². The molecule has 0 saturated carbocycles. The van der Waals surface area contributed by atoms with Gasteiger partial charge in [0.2, 0.25) is 0 Å². The first-order valence-corrected chi connectivity index (χ1v) is 11.9. The Bertz CT molecular complexity index is 1290. The number of nitrogens with zero attached hydrogens (tertiary/aromatic N) is 1. The Morgan fingerprint density at radius 1 is 0.939 bits per heavy atom. The summed E-state index contributed by atoms with van der Waals surface area (Å²) in [6, 6.07) is 26.1. The van der Waals surface area contributed by atoms with Gasteiger partial charge in [0.1, 0.15) is 0 Å². The third-order valence-electron chi connectivity index (χ3n) is 5.74. The number of aromatic nitrogens is 1. The second kappa shape index (κ2) is 10.1. The normalized spacial score (nSPS) is 13.0. The van der Waals surface area contributed by atoms with Crippen LogP contribution in [0.25, 0.3) is 23.1 Å². The lowest BCUT2D eigenvalue weighted by Gasteiger charge is -2.22. The summed E-state index contributed by atoms with van der Waals surface area (Å²) >= 11 is 12.9. The van der Waals surface area contributed by atoms with Crippen molar-refractivity contribution < 1.29 is 5.11 Å². The molecule has 168 valence electrons. The van der Waals surface area contributed by atoms with Gasteiger partial charge in [0.15, 0.2) is 0 Å². The van der Waals surface area contributed by atoms with Gasteiger partial charge in [-0.05, 0) is 73.2 Å². The standard InChI is InChI=1S/C29H27Cl2NO/c1-29(2,33)26-9-4-3-7-21(26)13-17-27(31)23-8-5-6-20(18-23)10-15-25-16-12-22-11-14-24(30)19-28(22)32-25/h3-12,14-16,18-19,27,33H,13,17H2,1-2H3. The van der Waals surface area contributed by atoms with Crippen molar-refractivity contribution in [2.24, 2.45) is 0 Å². The van der Waals surface area contributed by atoms with E-state index in [2.05, 4.69) is 41.4 Å². The molecular formula is C29H27Cl2NO. The van der Waals surface area contributed by atoms with Crippen LogP contribution in [-0.2, 0) is 12.0 Å². The lowest BCUT2D eigenvalue weighted by atomic mass is 9.90. The van der Waals surface area contributed by atoms with Crippen molar-refractivity contribution in [3.8, 4) is 0 Å². The lowest BCUT2D eigenvalue weighted by Crippen LogP contribution is -2.18. The molecular weight excluding hydrogens is 449 g/mol. The largest absolute Gasteiger partial charge is 0.386 e. The Morgan fingerprint density at radius 2 is 1.73 bits per heavy atom. The van der Waals surface area contributed by atoms with E-state index in [0.717, 1.165) is 51.7 Å². The summed E-state index contributed by atoms with van der Waals surface area (Å²) in [5.74, 6) is 0. The zero-order valence-electron chi connectivity index (χ0n) is 18.8. The number of pyridine rings is 1. The van der Waals surface area contributed by atoms with Crippen molar-refractivity contribution in [3.05, 3.63) is 112 Å². The first kappa shape index (κ1) is 23.5. The first-order valence-electron chi connectivity index (χ1n) is 11.1. The molecule has 0 fully saturated rings. The van der Waals surface area contributed by atoms with Gasteiger partial charge in [-0.3, -0.25) is 0 Å². The van der Waals surface area contributed by atoms with E-state index in [4.69, 9.17) is 23.2 Å². The molecule has 4 rings (SSSR count). The number of hydrogen-bond donors (Lipinski definition) is 1. The first-order chi connectivity index (χ1) is 15.8. The number of rotatable bonds is 7. The van der Waals surface area contributed by atoms with Crippen LogP contribution in [0.4, 0.5) is 0 Å². The number of alkyl halides is 1. The third kappa shape index (κ3) is 6.03. The molecule has 0 saturated heterocycles. The fourth-order valence-electron chi connectivity index (χ4n) is 4.02. The van der Waals surface area contributed by atoms with E-state index in [1.54, 1.807) is 0 Å². The minimum absolute atomic E-state index is 0.117. The molecule has 3 aromatic carbocycles. The Balaban J connectivity index is 1.47. The van der Waals surface area contributed by atoms with E-state index in [1.807, 2.05) is 68.5 Å². The summed E-state index contributed by atoms with van der Waals surface area (Å²) in [5.41, 5.74) is 5.13. The van der Waals surface area contributed by atoms with E-state index in [9.17, 15) is 5.11 Å². The summed E-state index contributed by atoms with van der Waals surface area (Å²) in [6.45, 7) is 3.64. The minimum atomic E-state index is -0.870. The molecule has 0 spiro atoms. The van der Waals surface area contributed by atoms with Gasteiger partial charge in [-0.2, -0.15) is 0 Å². The second-order valence-corrected chi connectivity index (χ2v) is 9.76. The van der Waals surface area contributed by atoms with Crippen molar-refractivity contribution in [3.63, 3.8) is 0 Å². The molecule has 0 aliphatic carbocycles. The van der Waals surface area contributed by atoms with Crippen LogP contribution in [-0.4, -0.2) is 10.1 Å². The van der Waals surface area contributed by atoms with Gasteiger partial charge in [0.25, 0.3) is 0 Å². The van der Waals surface area contributed by atoms with E-state index < -0.39 is 5.60 Å². The monoisotopic (exact) mass is 475 g/mol. The molecule has 0 aliphatic heterocycles. The van der Waals surface area contributed by atoms with Gasteiger partial charge < -0.3 is 5.11 Å². The molecule has 0 amide bonds.